The van der Waals surface area contributed by atoms with Gasteiger partial charge < -0.3 is 20.1 Å². The van der Waals surface area contributed by atoms with E-state index in [1.165, 1.54) is 12.8 Å². The molecule has 30 heavy (non-hydrogen) atoms. The van der Waals surface area contributed by atoms with Crippen LogP contribution in [0, 0.1) is 0 Å². The number of aliphatic imine (C=N–C) groups is 1. The SMILES string of the molecule is CCNC(=NCc1cccc(OC)c1OC1CCCC1)NCCCNS(=O)(=O)CC. The maximum Gasteiger partial charge on any atom is 0.211 e. The zero-order valence-electron chi connectivity index (χ0n) is 18.4. The van der Waals surface area contributed by atoms with Crippen molar-refractivity contribution in [3.8, 4) is 11.5 Å². The van der Waals surface area contributed by atoms with Crippen LogP contribution in [0.5, 0.6) is 11.5 Å². The van der Waals surface area contributed by atoms with Crippen LogP contribution in [0.15, 0.2) is 23.2 Å². The van der Waals surface area contributed by atoms with Crippen molar-refractivity contribution in [3.05, 3.63) is 23.8 Å². The number of hydrogen-bond acceptors (Lipinski definition) is 5. The Hall–Kier alpha value is -2.00. The second-order valence-electron chi connectivity index (χ2n) is 7.25. The third kappa shape index (κ3) is 8.02. The maximum absolute atomic E-state index is 11.5. The van der Waals surface area contributed by atoms with Crippen LogP contribution in [-0.2, 0) is 16.6 Å². The van der Waals surface area contributed by atoms with Crippen LogP contribution in [0.4, 0.5) is 0 Å². The van der Waals surface area contributed by atoms with Crippen LogP contribution in [-0.4, -0.2) is 53.0 Å². The number of rotatable bonds is 12. The Labute approximate surface area is 180 Å². The molecule has 2 rings (SSSR count). The van der Waals surface area contributed by atoms with Gasteiger partial charge in [-0.3, -0.25) is 0 Å². The first kappa shape index (κ1) is 24.3. The van der Waals surface area contributed by atoms with E-state index in [9.17, 15) is 8.42 Å². The van der Waals surface area contributed by atoms with Gasteiger partial charge in [0, 0.05) is 25.2 Å². The number of para-hydroxylation sites is 1. The van der Waals surface area contributed by atoms with E-state index in [-0.39, 0.29) is 11.9 Å². The average Bonchev–Trinajstić information content (AvgIpc) is 3.25. The summed E-state index contributed by atoms with van der Waals surface area (Å²) < 4.78 is 37.3. The average molecular weight is 441 g/mol. The van der Waals surface area contributed by atoms with Gasteiger partial charge in [0.15, 0.2) is 17.5 Å². The maximum atomic E-state index is 11.5. The Morgan fingerprint density at radius 3 is 2.60 bits per heavy atom. The summed E-state index contributed by atoms with van der Waals surface area (Å²) in [5, 5.41) is 6.47. The van der Waals surface area contributed by atoms with Crippen LogP contribution in [0.1, 0.15) is 51.5 Å². The third-order valence-corrected chi connectivity index (χ3v) is 6.37. The van der Waals surface area contributed by atoms with Crippen molar-refractivity contribution in [2.45, 2.75) is 58.6 Å². The first-order valence-electron chi connectivity index (χ1n) is 10.8. The molecular formula is C21H36N4O4S. The topological polar surface area (TPSA) is 101 Å². The van der Waals surface area contributed by atoms with Crippen LogP contribution >= 0.6 is 0 Å². The highest BCUT2D eigenvalue weighted by atomic mass is 32.2. The van der Waals surface area contributed by atoms with Crippen molar-refractivity contribution in [1.29, 1.82) is 0 Å². The lowest BCUT2D eigenvalue weighted by Crippen LogP contribution is -2.38. The summed E-state index contributed by atoms with van der Waals surface area (Å²) in [7, 11) is -1.49. The fourth-order valence-electron chi connectivity index (χ4n) is 3.28. The summed E-state index contributed by atoms with van der Waals surface area (Å²) in [5.74, 6) is 2.29. The molecule has 1 aromatic rings. The van der Waals surface area contributed by atoms with E-state index >= 15 is 0 Å². The van der Waals surface area contributed by atoms with Crippen LogP contribution in [0.25, 0.3) is 0 Å². The van der Waals surface area contributed by atoms with Crippen molar-refractivity contribution in [1.82, 2.24) is 15.4 Å². The largest absolute Gasteiger partial charge is 0.493 e. The lowest BCUT2D eigenvalue weighted by Gasteiger charge is -2.19. The van der Waals surface area contributed by atoms with Gasteiger partial charge in [0.1, 0.15) is 0 Å². The molecule has 1 aliphatic carbocycles. The molecule has 8 nitrogen and oxygen atoms in total. The van der Waals surface area contributed by atoms with E-state index in [0.29, 0.717) is 32.0 Å². The second kappa shape index (κ2) is 12.6. The number of hydrogen-bond donors (Lipinski definition) is 3. The molecule has 0 spiro atoms. The summed E-state index contributed by atoms with van der Waals surface area (Å²) in [6.07, 6.45) is 5.47. The summed E-state index contributed by atoms with van der Waals surface area (Å²) >= 11 is 0. The monoisotopic (exact) mass is 440 g/mol. The molecule has 1 fully saturated rings. The molecule has 0 aliphatic heterocycles. The molecule has 0 saturated heterocycles. The van der Waals surface area contributed by atoms with E-state index in [4.69, 9.17) is 9.47 Å². The van der Waals surface area contributed by atoms with Crippen molar-refractivity contribution in [2.75, 3.05) is 32.5 Å². The smallest absolute Gasteiger partial charge is 0.211 e. The zero-order valence-corrected chi connectivity index (χ0v) is 19.2. The Morgan fingerprint density at radius 1 is 1.17 bits per heavy atom. The van der Waals surface area contributed by atoms with Gasteiger partial charge in [-0.25, -0.2) is 18.1 Å². The van der Waals surface area contributed by atoms with Gasteiger partial charge in [-0.2, -0.15) is 0 Å². The third-order valence-electron chi connectivity index (χ3n) is 4.97. The van der Waals surface area contributed by atoms with Gasteiger partial charge in [-0.15, -0.1) is 0 Å². The standard InChI is InChI=1S/C21H36N4O4S/c1-4-22-21(23-14-9-15-25-30(26,27)5-2)24-16-17-10-8-13-19(28-3)20(17)29-18-11-6-7-12-18/h8,10,13,18,25H,4-7,9,11-12,14-16H2,1-3H3,(H2,22,23,24). The lowest BCUT2D eigenvalue weighted by atomic mass is 10.1. The molecule has 0 bridgehead atoms. The van der Waals surface area contributed by atoms with Crippen molar-refractivity contribution < 1.29 is 17.9 Å². The number of ether oxygens (including phenoxy) is 2. The highest BCUT2D eigenvalue weighted by Crippen LogP contribution is 2.35. The predicted molar refractivity (Wildman–Crippen MR) is 121 cm³/mol. The second-order valence-corrected chi connectivity index (χ2v) is 9.34. The van der Waals surface area contributed by atoms with Gasteiger partial charge in [0.25, 0.3) is 0 Å². The molecule has 1 aromatic carbocycles. The first-order valence-corrected chi connectivity index (χ1v) is 12.5. The fourth-order valence-corrected chi connectivity index (χ4v) is 3.94. The molecule has 170 valence electrons. The Bertz CT molecular complexity index is 777. The molecule has 0 unspecified atom stereocenters. The highest BCUT2D eigenvalue weighted by molar-refractivity contribution is 7.89. The number of sulfonamides is 1. The van der Waals surface area contributed by atoms with E-state index in [0.717, 1.165) is 36.4 Å². The van der Waals surface area contributed by atoms with Crippen molar-refractivity contribution in [3.63, 3.8) is 0 Å². The van der Waals surface area contributed by atoms with E-state index in [1.807, 2.05) is 25.1 Å². The fraction of sp³-hybridized carbons (Fsp3) is 0.667. The van der Waals surface area contributed by atoms with Crippen LogP contribution in [0.2, 0.25) is 0 Å². The zero-order chi connectivity index (χ0) is 21.8. The Balaban J connectivity index is 1.97. The predicted octanol–water partition coefficient (Wildman–Crippen LogP) is 2.40. The Kier molecular flexibility index (Phi) is 10.2. The Morgan fingerprint density at radius 2 is 1.93 bits per heavy atom. The minimum absolute atomic E-state index is 0.0936. The minimum atomic E-state index is -3.15. The summed E-state index contributed by atoms with van der Waals surface area (Å²) in [5.41, 5.74) is 0.981. The summed E-state index contributed by atoms with van der Waals surface area (Å²) in [6.45, 7) is 5.83. The van der Waals surface area contributed by atoms with Gasteiger partial charge in [-0.05, 0) is 52.0 Å². The number of guanidine groups is 1. The van der Waals surface area contributed by atoms with Crippen molar-refractivity contribution >= 4 is 16.0 Å². The quantitative estimate of drug-likeness (QED) is 0.262. The first-order chi connectivity index (χ1) is 14.5. The molecule has 0 aromatic heterocycles. The number of benzene rings is 1. The van der Waals surface area contributed by atoms with Crippen LogP contribution < -0.4 is 24.8 Å². The van der Waals surface area contributed by atoms with Crippen LogP contribution in [0.3, 0.4) is 0 Å². The molecule has 3 N–H and O–H groups in total. The van der Waals surface area contributed by atoms with Gasteiger partial charge in [0.05, 0.1) is 25.5 Å². The lowest BCUT2D eigenvalue weighted by molar-refractivity contribution is 0.198. The molecule has 0 heterocycles. The molecule has 0 atom stereocenters. The molecule has 0 radical (unpaired) electrons. The van der Waals surface area contributed by atoms with E-state index in [1.54, 1.807) is 14.0 Å². The molecule has 0 amide bonds. The molecule has 1 aliphatic rings. The summed E-state index contributed by atoms with van der Waals surface area (Å²) in [6, 6.07) is 5.88. The number of nitrogens with zero attached hydrogens (tertiary/aromatic N) is 1. The van der Waals surface area contributed by atoms with Gasteiger partial charge in [-0.1, -0.05) is 12.1 Å². The molecule has 9 heteroatoms. The van der Waals surface area contributed by atoms with E-state index < -0.39 is 10.0 Å². The number of nitrogens with one attached hydrogen (secondary N) is 3. The van der Waals surface area contributed by atoms with E-state index in [2.05, 4.69) is 20.3 Å². The summed E-state index contributed by atoms with van der Waals surface area (Å²) in [4.78, 5) is 4.68. The minimum Gasteiger partial charge on any atom is -0.493 e. The van der Waals surface area contributed by atoms with Crippen molar-refractivity contribution in [2.24, 2.45) is 4.99 Å². The van der Waals surface area contributed by atoms with Gasteiger partial charge >= 0.3 is 0 Å². The number of methoxy groups -OCH3 is 1. The normalized spacial score (nSPS) is 15.2. The highest BCUT2D eigenvalue weighted by Gasteiger charge is 2.20. The van der Waals surface area contributed by atoms with Gasteiger partial charge in [0.2, 0.25) is 10.0 Å². The molecular weight excluding hydrogens is 404 g/mol. The molecule has 1 saturated carbocycles.